The summed E-state index contributed by atoms with van der Waals surface area (Å²) in [5, 5.41) is 0. The molecule has 14 heavy (non-hydrogen) atoms. The summed E-state index contributed by atoms with van der Waals surface area (Å²) >= 11 is 0. The smallest absolute Gasteiger partial charge is 0.137 e. The lowest BCUT2D eigenvalue weighted by Gasteiger charge is -2.12. The molecule has 2 rings (SSSR count). The molecule has 1 saturated heterocycles. The molecule has 0 N–H and O–H groups in total. The Morgan fingerprint density at radius 3 is 3.14 bits per heavy atom. The number of rotatable bonds is 3. The molecule has 1 aliphatic rings. The Morgan fingerprint density at radius 2 is 2.50 bits per heavy atom. The second kappa shape index (κ2) is 4.42. The van der Waals surface area contributed by atoms with Gasteiger partial charge in [0.1, 0.15) is 12.4 Å². The summed E-state index contributed by atoms with van der Waals surface area (Å²) in [6.45, 7) is 2.74. The van der Waals surface area contributed by atoms with Gasteiger partial charge >= 0.3 is 0 Å². The lowest BCUT2D eigenvalue weighted by Crippen LogP contribution is -2.17. The minimum Gasteiger partial charge on any atom is -0.489 e. The van der Waals surface area contributed by atoms with Crippen molar-refractivity contribution in [2.45, 2.75) is 32.0 Å². The van der Waals surface area contributed by atoms with Crippen LogP contribution in [0.5, 0.6) is 5.75 Å². The monoisotopic (exact) mass is 193 g/mol. The fraction of sp³-hybridized carbons (Fsp3) is 0.545. The van der Waals surface area contributed by atoms with Crippen molar-refractivity contribution in [2.24, 2.45) is 0 Å². The molecule has 2 atom stereocenters. The van der Waals surface area contributed by atoms with Gasteiger partial charge in [0.15, 0.2) is 0 Å². The molecule has 0 radical (unpaired) electrons. The number of hydrogen-bond donors (Lipinski definition) is 0. The van der Waals surface area contributed by atoms with Crippen molar-refractivity contribution < 1.29 is 9.47 Å². The van der Waals surface area contributed by atoms with Gasteiger partial charge < -0.3 is 9.47 Å². The molecule has 2 unspecified atom stereocenters. The summed E-state index contributed by atoms with van der Waals surface area (Å²) in [5.41, 5.74) is 0. The van der Waals surface area contributed by atoms with E-state index in [0.717, 1.165) is 18.6 Å². The largest absolute Gasteiger partial charge is 0.489 e. The number of hydrogen-bond acceptors (Lipinski definition) is 3. The maximum Gasteiger partial charge on any atom is 0.137 e. The van der Waals surface area contributed by atoms with Gasteiger partial charge in [0.05, 0.1) is 18.4 Å². The summed E-state index contributed by atoms with van der Waals surface area (Å²) < 4.78 is 11.2. The van der Waals surface area contributed by atoms with Gasteiger partial charge in [0, 0.05) is 6.20 Å². The Balaban J connectivity index is 1.78. The molecule has 1 aromatic rings. The van der Waals surface area contributed by atoms with Gasteiger partial charge in [-0.3, -0.25) is 4.98 Å². The third kappa shape index (κ3) is 2.45. The third-order valence-corrected chi connectivity index (χ3v) is 2.39. The van der Waals surface area contributed by atoms with Crippen molar-refractivity contribution in [3.05, 3.63) is 24.5 Å². The van der Waals surface area contributed by atoms with Crippen molar-refractivity contribution in [3.8, 4) is 5.75 Å². The SMILES string of the molecule is CC1CCC(COc2cccnc2)O1. The number of aromatic nitrogens is 1. The van der Waals surface area contributed by atoms with Gasteiger partial charge in [-0.25, -0.2) is 0 Å². The molecule has 2 heterocycles. The molecule has 0 saturated carbocycles. The Morgan fingerprint density at radius 1 is 1.57 bits per heavy atom. The van der Waals surface area contributed by atoms with Crippen LogP contribution in [0.2, 0.25) is 0 Å². The highest BCUT2D eigenvalue weighted by Gasteiger charge is 2.21. The summed E-state index contributed by atoms with van der Waals surface area (Å²) in [4.78, 5) is 3.98. The second-order valence-corrected chi connectivity index (χ2v) is 3.65. The standard InChI is InChI=1S/C11H15NO2/c1-9-4-5-11(14-9)8-13-10-3-2-6-12-7-10/h2-3,6-7,9,11H,4-5,8H2,1H3. The molecule has 0 aliphatic carbocycles. The van der Waals surface area contributed by atoms with Crippen LogP contribution in [0, 0.1) is 0 Å². The highest BCUT2D eigenvalue weighted by atomic mass is 16.5. The molecule has 1 aliphatic heterocycles. The van der Waals surface area contributed by atoms with E-state index in [1.54, 1.807) is 12.4 Å². The van der Waals surface area contributed by atoms with Gasteiger partial charge in [-0.2, -0.15) is 0 Å². The van der Waals surface area contributed by atoms with E-state index in [-0.39, 0.29) is 6.10 Å². The van der Waals surface area contributed by atoms with E-state index in [1.807, 2.05) is 12.1 Å². The van der Waals surface area contributed by atoms with Crippen LogP contribution in [0.25, 0.3) is 0 Å². The number of ether oxygens (including phenoxy) is 2. The van der Waals surface area contributed by atoms with Gasteiger partial charge in [-0.1, -0.05) is 0 Å². The summed E-state index contributed by atoms with van der Waals surface area (Å²) in [5.74, 6) is 0.815. The fourth-order valence-electron chi connectivity index (χ4n) is 1.63. The highest BCUT2D eigenvalue weighted by molar-refractivity contribution is 5.15. The number of pyridine rings is 1. The van der Waals surface area contributed by atoms with Crippen molar-refractivity contribution in [2.75, 3.05) is 6.61 Å². The molecule has 1 aromatic heterocycles. The first-order valence-corrected chi connectivity index (χ1v) is 5.03. The van der Waals surface area contributed by atoms with E-state index in [1.165, 1.54) is 0 Å². The van der Waals surface area contributed by atoms with Crippen molar-refractivity contribution in [1.29, 1.82) is 0 Å². The quantitative estimate of drug-likeness (QED) is 0.736. The van der Waals surface area contributed by atoms with Crippen LogP contribution in [-0.2, 0) is 4.74 Å². The van der Waals surface area contributed by atoms with Crippen LogP contribution in [0.1, 0.15) is 19.8 Å². The maximum absolute atomic E-state index is 5.64. The second-order valence-electron chi connectivity index (χ2n) is 3.65. The zero-order chi connectivity index (χ0) is 9.80. The third-order valence-electron chi connectivity index (χ3n) is 2.39. The van der Waals surface area contributed by atoms with Crippen molar-refractivity contribution >= 4 is 0 Å². The van der Waals surface area contributed by atoms with Gasteiger partial charge in [0.25, 0.3) is 0 Å². The van der Waals surface area contributed by atoms with E-state index in [0.29, 0.717) is 12.7 Å². The predicted octanol–water partition coefficient (Wildman–Crippen LogP) is 2.03. The highest BCUT2D eigenvalue weighted by Crippen LogP contribution is 2.19. The van der Waals surface area contributed by atoms with Crippen molar-refractivity contribution in [3.63, 3.8) is 0 Å². The summed E-state index contributed by atoms with van der Waals surface area (Å²) in [7, 11) is 0. The van der Waals surface area contributed by atoms with E-state index >= 15 is 0 Å². The van der Waals surface area contributed by atoms with E-state index < -0.39 is 0 Å². The molecule has 0 bridgehead atoms. The maximum atomic E-state index is 5.64. The van der Waals surface area contributed by atoms with Gasteiger partial charge in [-0.05, 0) is 31.9 Å². The minimum atomic E-state index is 0.255. The fourth-order valence-corrected chi connectivity index (χ4v) is 1.63. The van der Waals surface area contributed by atoms with E-state index in [2.05, 4.69) is 11.9 Å². The average molecular weight is 193 g/mol. The number of nitrogens with zero attached hydrogens (tertiary/aromatic N) is 1. The van der Waals surface area contributed by atoms with Crippen LogP contribution in [0.15, 0.2) is 24.5 Å². The molecular weight excluding hydrogens is 178 g/mol. The summed E-state index contributed by atoms with van der Waals surface area (Å²) in [6, 6.07) is 3.78. The normalized spacial score (nSPS) is 26.4. The first-order chi connectivity index (χ1) is 6.84. The molecule has 1 fully saturated rings. The van der Waals surface area contributed by atoms with Crippen LogP contribution in [0.3, 0.4) is 0 Å². The zero-order valence-electron chi connectivity index (χ0n) is 8.35. The van der Waals surface area contributed by atoms with Gasteiger partial charge in [-0.15, -0.1) is 0 Å². The lowest BCUT2D eigenvalue weighted by atomic mass is 10.2. The predicted molar refractivity (Wildman–Crippen MR) is 53.3 cm³/mol. The van der Waals surface area contributed by atoms with Crippen LogP contribution < -0.4 is 4.74 Å². The van der Waals surface area contributed by atoms with Crippen LogP contribution in [0.4, 0.5) is 0 Å². The molecule has 3 nitrogen and oxygen atoms in total. The van der Waals surface area contributed by atoms with Gasteiger partial charge in [0.2, 0.25) is 0 Å². The average Bonchev–Trinajstić information content (AvgIpc) is 2.63. The van der Waals surface area contributed by atoms with Crippen molar-refractivity contribution in [1.82, 2.24) is 4.98 Å². The zero-order valence-corrected chi connectivity index (χ0v) is 8.35. The molecular formula is C11H15NO2. The minimum absolute atomic E-state index is 0.255. The molecule has 76 valence electrons. The van der Waals surface area contributed by atoms with E-state index in [9.17, 15) is 0 Å². The summed E-state index contributed by atoms with van der Waals surface area (Å²) in [6.07, 6.45) is 6.34. The molecule has 0 spiro atoms. The Hall–Kier alpha value is -1.09. The lowest BCUT2D eigenvalue weighted by molar-refractivity contribution is 0.0264. The Bertz CT molecular complexity index is 276. The topological polar surface area (TPSA) is 31.4 Å². The Kier molecular flexibility index (Phi) is 2.99. The molecule has 0 aromatic carbocycles. The van der Waals surface area contributed by atoms with Crippen LogP contribution >= 0.6 is 0 Å². The Labute approximate surface area is 84.1 Å². The first-order valence-electron chi connectivity index (χ1n) is 5.03. The van der Waals surface area contributed by atoms with Crippen LogP contribution in [-0.4, -0.2) is 23.8 Å². The van der Waals surface area contributed by atoms with E-state index in [4.69, 9.17) is 9.47 Å². The molecule has 0 amide bonds. The molecule has 3 heteroatoms. The first kappa shape index (κ1) is 9.46.